The van der Waals surface area contributed by atoms with Crippen LogP contribution in [0.1, 0.15) is 40.2 Å². The maximum atomic E-state index is 12.9. The number of hydrogen-bond acceptors (Lipinski definition) is 3. The zero-order valence-corrected chi connectivity index (χ0v) is 14.4. The smallest absolute Gasteiger partial charge is 0.335 e. The first-order valence-electron chi connectivity index (χ1n) is 8.58. The van der Waals surface area contributed by atoms with E-state index in [9.17, 15) is 9.59 Å². The molecule has 1 N–H and O–H groups in total. The van der Waals surface area contributed by atoms with E-state index in [2.05, 4.69) is 35.3 Å². The van der Waals surface area contributed by atoms with Gasteiger partial charge in [0.1, 0.15) is 5.82 Å². The molecule has 0 atom stereocenters. The van der Waals surface area contributed by atoms with Crippen LogP contribution >= 0.6 is 0 Å². The Morgan fingerprint density at radius 1 is 1.19 bits per heavy atom. The van der Waals surface area contributed by atoms with Gasteiger partial charge in [-0.3, -0.25) is 9.36 Å². The lowest BCUT2D eigenvalue weighted by molar-refractivity contribution is 0.0697. The first kappa shape index (κ1) is 16.3. The summed E-state index contributed by atoms with van der Waals surface area (Å²) in [4.78, 5) is 28.8. The Hall–Kier alpha value is -3.21. The Bertz CT molecular complexity index is 1110. The molecule has 0 aliphatic carbocycles. The molecule has 1 aromatic heterocycles. The molecule has 26 heavy (non-hydrogen) atoms. The van der Waals surface area contributed by atoms with Crippen molar-refractivity contribution in [2.75, 3.05) is 0 Å². The minimum Gasteiger partial charge on any atom is -0.478 e. The minimum absolute atomic E-state index is 0.100. The van der Waals surface area contributed by atoms with E-state index in [1.165, 1.54) is 17.7 Å². The molecule has 0 amide bonds. The van der Waals surface area contributed by atoms with Gasteiger partial charge in [0.15, 0.2) is 0 Å². The van der Waals surface area contributed by atoms with Crippen LogP contribution in [0.5, 0.6) is 0 Å². The van der Waals surface area contributed by atoms with Crippen LogP contribution in [0.2, 0.25) is 0 Å². The SMILES string of the molecule is Cc1ccc(/C=C2\CCCn3c2nc2ccc(C(=O)O)cc2c3=O)cc1. The fraction of sp³-hybridized carbons (Fsp3) is 0.190. The summed E-state index contributed by atoms with van der Waals surface area (Å²) < 4.78 is 1.66. The van der Waals surface area contributed by atoms with Crippen molar-refractivity contribution in [3.8, 4) is 0 Å². The molecule has 0 bridgehead atoms. The van der Waals surface area contributed by atoms with Gasteiger partial charge in [0, 0.05) is 6.54 Å². The molecule has 0 saturated carbocycles. The van der Waals surface area contributed by atoms with Crippen molar-refractivity contribution in [1.82, 2.24) is 9.55 Å². The second kappa shape index (κ2) is 6.26. The molecule has 0 saturated heterocycles. The van der Waals surface area contributed by atoms with Crippen molar-refractivity contribution in [2.45, 2.75) is 26.3 Å². The number of carboxylic acid groups (broad SMARTS) is 1. The van der Waals surface area contributed by atoms with E-state index in [1.807, 2.05) is 6.92 Å². The molecule has 5 nitrogen and oxygen atoms in total. The Kier molecular flexibility index (Phi) is 3.92. The number of benzene rings is 2. The first-order valence-corrected chi connectivity index (χ1v) is 8.58. The molecule has 0 spiro atoms. The number of carboxylic acids is 1. The summed E-state index contributed by atoms with van der Waals surface area (Å²) in [6, 6.07) is 12.7. The molecule has 130 valence electrons. The Morgan fingerprint density at radius 3 is 2.69 bits per heavy atom. The fourth-order valence-electron chi connectivity index (χ4n) is 3.35. The van der Waals surface area contributed by atoms with Gasteiger partial charge in [-0.2, -0.15) is 0 Å². The summed E-state index contributed by atoms with van der Waals surface area (Å²) in [7, 11) is 0. The fourth-order valence-corrected chi connectivity index (χ4v) is 3.35. The van der Waals surface area contributed by atoms with E-state index in [4.69, 9.17) is 5.11 Å². The monoisotopic (exact) mass is 346 g/mol. The number of allylic oxidation sites excluding steroid dienone is 1. The quantitative estimate of drug-likeness (QED) is 0.767. The molecule has 1 aliphatic heterocycles. The largest absolute Gasteiger partial charge is 0.478 e. The summed E-state index contributed by atoms with van der Waals surface area (Å²) in [6.45, 7) is 2.64. The highest BCUT2D eigenvalue weighted by molar-refractivity contribution is 5.93. The lowest BCUT2D eigenvalue weighted by Crippen LogP contribution is -2.28. The molecule has 4 rings (SSSR count). The highest BCUT2D eigenvalue weighted by atomic mass is 16.4. The second-order valence-electron chi connectivity index (χ2n) is 6.61. The van der Waals surface area contributed by atoms with Gasteiger partial charge in [-0.1, -0.05) is 29.8 Å². The van der Waals surface area contributed by atoms with E-state index < -0.39 is 5.97 Å². The molecule has 0 fully saturated rings. The van der Waals surface area contributed by atoms with Crippen molar-refractivity contribution >= 4 is 28.5 Å². The summed E-state index contributed by atoms with van der Waals surface area (Å²) in [5.74, 6) is -0.369. The molecule has 0 unspecified atom stereocenters. The molecule has 2 aromatic carbocycles. The summed E-state index contributed by atoms with van der Waals surface area (Å²) >= 11 is 0. The highest BCUT2D eigenvalue weighted by Gasteiger charge is 2.19. The summed E-state index contributed by atoms with van der Waals surface area (Å²) in [5.41, 5.74) is 3.76. The van der Waals surface area contributed by atoms with Crippen LogP contribution < -0.4 is 5.56 Å². The number of aromatic nitrogens is 2. The molecule has 2 heterocycles. The van der Waals surface area contributed by atoms with Crippen molar-refractivity contribution < 1.29 is 9.90 Å². The third kappa shape index (κ3) is 2.81. The summed E-state index contributed by atoms with van der Waals surface area (Å²) in [5, 5.41) is 9.51. The van der Waals surface area contributed by atoms with Crippen LogP contribution in [-0.2, 0) is 6.54 Å². The molecule has 1 aliphatic rings. The molecule has 5 heteroatoms. The van der Waals surface area contributed by atoms with Gasteiger partial charge in [0.25, 0.3) is 5.56 Å². The maximum absolute atomic E-state index is 12.9. The van der Waals surface area contributed by atoms with Crippen molar-refractivity contribution in [2.24, 2.45) is 0 Å². The van der Waals surface area contributed by atoms with Crippen LogP contribution in [0.15, 0.2) is 47.3 Å². The number of fused-ring (bicyclic) bond motifs is 2. The van der Waals surface area contributed by atoms with Gasteiger partial charge < -0.3 is 5.11 Å². The number of aryl methyl sites for hydroxylation is 1. The first-order chi connectivity index (χ1) is 12.5. The number of aromatic carboxylic acids is 1. The van der Waals surface area contributed by atoms with E-state index >= 15 is 0 Å². The average Bonchev–Trinajstić information content (AvgIpc) is 2.64. The van der Waals surface area contributed by atoms with Crippen LogP contribution in [0.25, 0.3) is 22.6 Å². The number of rotatable bonds is 2. The lowest BCUT2D eigenvalue weighted by Gasteiger charge is -2.21. The van der Waals surface area contributed by atoms with E-state index in [0.29, 0.717) is 23.3 Å². The second-order valence-corrected chi connectivity index (χ2v) is 6.61. The molecule has 0 radical (unpaired) electrons. The van der Waals surface area contributed by atoms with Gasteiger partial charge in [0.05, 0.1) is 16.5 Å². The Morgan fingerprint density at radius 2 is 1.96 bits per heavy atom. The van der Waals surface area contributed by atoms with Gasteiger partial charge in [-0.05, 0) is 55.2 Å². The molecular formula is C21H18N2O3. The maximum Gasteiger partial charge on any atom is 0.335 e. The highest BCUT2D eigenvalue weighted by Crippen LogP contribution is 2.27. The number of hydrogen-bond donors (Lipinski definition) is 1. The van der Waals surface area contributed by atoms with Crippen LogP contribution in [-0.4, -0.2) is 20.6 Å². The van der Waals surface area contributed by atoms with Crippen LogP contribution in [0.4, 0.5) is 0 Å². The van der Waals surface area contributed by atoms with Crippen LogP contribution in [0, 0.1) is 6.92 Å². The Balaban J connectivity index is 1.89. The lowest BCUT2D eigenvalue weighted by atomic mass is 10.0. The zero-order chi connectivity index (χ0) is 18.3. The normalized spacial score (nSPS) is 15.2. The zero-order valence-electron chi connectivity index (χ0n) is 14.4. The Labute approximate surface area is 150 Å². The standard InChI is InChI=1S/C21H18N2O3/c1-13-4-6-14(7-5-13)11-15-3-2-10-23-19(15)22-18-9-8-16(21(25)26)12-17(18)20(23)24/h4-9,11-12H,2-3,10H2,1H3,(H,25,26)/b15-11+. The number of nitrogens with zero attached hydrogens (tertiary/aromatic N) is 2. The van der Waals surface area contributed by atoms with Crippen molar-refractivity contribution in [3.63, 3.8) is 0 Å². The van der Waals surface area contributed by atoms with Gasteiger partial charge in [0.2, 0.25) is 0 Å². The third-order valence-corrected chi connectivity index (χ3v) is 4.73. The number of carbonyl (C=O) groups is 1. The minimum atomic E-state index is -1.05. The van der Waals surface area contributed by atoms with Gasteiger partial charge in [-0.25, -0.2) is 9.78 Å². The van der Waals surface area contributed by atoms with Gasteiger partial charge >= 0.3 is 5.97 Å². The molecular weight excluding hydrogens is 328 g/mol. The van der Waals surface area contributed by atoms with Crippen molar-refractivity contribution in [3.05, 3.63) is 75.3 Å². The molecule has 3 aromatic rings. The average molecular weight is 346 g/mol. The van der Waals surface area contributed by atoms with Crippen LogP contribution in [0.3, 0.4) is 0 Å². The van der Waals surface area contributed by atoms with E-state index in [1.54, 1.807) is 10.6 Å². The topological polar surface area (TPSA) is 72.2 Å². The predicted molar refractivity (Wildman–Crippen MR) is 101 cm³/mol. The predicted octanol–water partition coefficient (Wildman–Crippen LogP) is 3.74. The third-order valence-electron chi connectivity index (χ3n) is 4.73. The van der Waals surface area contributed by atoms with E-state index in [-0.39, 0.29) is 11.1 Å². The van der Waals surface area contributed by atoms with Crippen molar-refractivity contribution in [1.29, 1.82) is 0 Å². The van der Waals surface area contributed by atoms with E-state index in [0.717, 1.165) is 24.0 Å². The van der Waals surface area contributed by atoms with Gasteiger partial charge in [-0.15, -0.1) is 0 Å². The summed E-state index contributed by atoms with van der Waals surface area (Å²) in [6.07, 6.45) is 3.80.